The fourth-order valence-electron chi connectivity index (χ4n) is 5.61. The van der Waals surface area contributed by atoms with Crippen LogP contribution >= 0.6 is 11.3 Å². The molecule has 0 spiro atoms. The van der Waals surface area contributed by atoms with E-state index in [9.17, 15) is 14.4 Å². The first-order valence-electron chi connectivity index (χ1n) is 15.3. The first-order chi connectivity index (χ1) is 23.7. The summed E-state index contributed by atoms with van der Waals surface area (Å²) in [6, 6.07) is 22.3. The number of hydrogen-bond donors (Lipinski definition) is 2. The maximum atomic E-state index is 15.0. The summed E-state index contributed by atoms with van der Waals surface area (Å²) in [5.41, 5.74) is 3.95. The van der Waals surface area contributed by atoms with Crippen LogP contribution in [0.5, 0.6) is 0 Å². The second-order valence-electron chi connectivity index (χ2n) is 11.3. The molecule has 0 aliphatic rings. The van der Waals surface area contributed by atoms with Crippen LogP contribution in [0.25, 0.3) is 26.3 Å². The number of aromatic nitrogens is 3. The lowest BCUT2D eigenvalue weighted by Crippen LogP contribution is -2.39. The van der Waals surface area contributed by atoms with Crippen LogP contribution in [0, 0.1) is 11.6 Å². The van der Waals surface area contributed by atoms with E-state index in [1.807, 2.05) is 19.2 Å². The Balaban J connectivity index is 1.55. The summed E-state index contributed by atoms with van der Waals surface area (Å²) in [6.45, 7) is 0.536. The van der Waals surface area contributed by atoms with Gasteiger partial charge in [-0.05, 0) is 78.7 Å². The summed E-state index contributed by atoms with van der Waals surface area (Å²) in [6.07, 6.45) is 4.20. The van der Waals surface area contributed by atoms with E-state index in [1.165, 1.54) is 29.1 Å². The third-order valence-electron chi connectivity index (χ3n) is 8.02. The highest BCUT2D eigenvalue weighted by molar-refractivity contribution is 7.22. The lowest BCUT2D eigenvalue weighted by molar-refractivity contribution is 0.114. The number of likely N-dealkylation sites (N-methyl/N-ethyl adjacent to an activating group) is 1. The zero-order valence-corrected chi connectivity index (χ0v) is 27.5. The van der Waals surface area contributed by atoms with Gasteiger partial charge in [0, 0.05) is 41.6 Å². The molecule has 3 aromatic heterocycles. The molecule has 0 fully saturated rings. The zero-order valence-electron chi connectivity index (χ0n) is 26.7. The molecular formula is C36H32F2N6O4S. The fraction of sp³-hybridized carbons (Fsp3) is 0.167. The van der Waals surface area contributed by atoms with Crippen molar-refractivity contribution in [1.82, 2.24) is 24.5 Å². The summed E-state index contributed by atoms with van der Waals surface area (Å²) in [4.78, 5) is 52.5. The summed E-state index contributed by atoms with van der Waals surface area (Å²) in [5.74, 6) is -1.60. The third-order valence-corrected chi connectivity index (χ3v) is 9.33. The SMILES string of the molecule is CONC(=O)Nc1ccc(-c2sc3c(c2CN(C)CCc2ccncc2)c(=O)n(-c2ccccc2)c(=O)n3Cc2c(F)cccc2F)cc1. The van der Waals surface area contributed by atoms with E-state index >= 15 is 8.78 Å². The van der Waals surface area contributed by atoms with Crippen molar-refractivity contribution in [2.24, 2.45) is 0 Å². The Bertz CT molecular complexity index is 2200. The van der Waals surface area contributed by atoms with Crippen molar-refractivity contribution in [3.05, 3.63) is 146 Å². The Morgan fingerprint density at radius 1 is 0.918 bits per heavy atom. The molecule has 13 heteroatoms. The van der Waals surface area contributed by atoms with Gasteiger partial charge in [0.2, 0.25) is 0 Å². The molecule has 0 atom stereocenters. The highest BCUT2D eigenvalue weighted by Gasteiger charge is 2.25. The van der Waals surface area contributed by atoms with Crippen molar-refractivity contribution >= 4 is 33.3 Å². The molecule has 3 aromatic carbocycles. The summed E-state index contributed by atoms with van der Waals surface area (Å²) >= 11 is 1.20. The van der Waals surface area contributed by atoms with Gasteiger partial charge in [-0.25, -0.2) is 28.4 Å². The Hall–Kier alpha value is -5.50. The van der Waals surface area contributed by atoms with Crippen LogP contribution < -0.4 is 22.0 Å². The summed E-state index contributed by atoms with van der Waals surface area (Å²) in [7, 11) is 3.27. The quantitative estimate of drug-likeness (QED) is 0.163. The number of benzene rings is 3. The number of hydroxylamine groups is 1. The van der Waals surface area contributed by atoms with Crippen LogP contribution in [0.3, 0.4) is 0 Å². The first kappa shape index (κ1) is 33.4. The molecule has 2 amide bonds. The maximum absolute atomic E-state index is 15.0. The molecule has 0 bridgehead atoms. The zero-order chi connectivity index (χ0) is 34.5. The number of para-hydroxylation sites is 1. The Labute approximate surface area is 283 Å². The van der Waals surface area contributed by atoms with Crippen molar-refractivity contribution in [1.29, 1.82) is 0 Å². The second kappa shape index (κ2) is 14.7. The molecule has 0 saturated heterocycles. The first-order valence-corrected chi connectivity index (χ1v) is 16.1. The smallest absolute Gasteiger partial charge is 0.306 e. The van der Waals surface area contributed by atoms with Crippen molar-refractivity contribution in [2.45, 2.75) is 19.5 Å². The van der Waals surface area contributed by atoms with E-state index < -0.39 is 35.5 Å². The molecule has 0 unspecified atom stereocenters. The van der Waals surface area contributed by atoms with Gasteiger partial charge in [0.1, 0.15) is 16.5 Å². The number of nitrogens with zero attached hydrogens (tertiary/aromatic N) is 4. The Kier molecular flexibility index (Phi) is 10.0. The number of hydrogen-bond acceptors (Lipinski definition) is 7. The van der Waals surface area contributed by atoms with Gasteiger partial charge >= 0.3 is 11.7 Å². The van der Waals surface area contributed by atoms with Crippen molar-refractivity contribution < 1.29 is 18.4 Å². The maximum Gasteiger partial charge on any atom is 0.343 e. The number of anilines is 1. The number of pyridine rings is 1. The monoisotopic (exact) mass is 682 g/mol. The minimum Gasteiger partial charge on any atom is -0.306 e. The van der Waals surface area contributed by atoms with Crippen LogP contribution in [0.4, 0.5) is 19.3 Å². The lowest BCUT2D eigenvalue weighted by atomic mass is 10.1. The summed E-state index contributed by atoms with van der Waals surface area (Å²) < 4.78 is 32.4. The highest BCUT2D eigenvalue weighted by Crippen LogP contribution is 2.38. The van der Waals surface area contributed by atoms with Gasteiger partial charge in [0.05, 0.1) is 24.7 Å². The van der Waals surface area contributed by atoms with Gasteiger partial charge in [-0.15, -0.1) is 11.3 Å². The average molecular weight is 683 g/mol. The minimum absolute atomic E-state index is 0.276. The molecular weight excluding hydrogens is 650 g/mol. The van der Waals surface area contributed by atoms with Crippen LogP contribution in [0.2, 0.25) is 0 Å². The van der Waals surface area contributed by atoms with Crippen LogP contribution in [0.15, 0.2) is 107 Å². The third kappa shape index (κ3) is 7.18. The number of thiophene rings is 1. The number of halogens is 2. The minimum atomic E-state index is -0.800. The highest BCUT2D eigenvalue weighted by atomic mass is 32.1. The molecule has 0 aliphatic carbocycles. The molecule has 2 N–H and O–H groups in total. The predicted molar refractivity (Wildman–Crippen MR) is 186 cm³/mol. The van der Waals surface area contributed by atoms with Gasteiger partial charge in [-0.2, -0.15) is 0 Å². The van der Waals surface area contributed by atoms with Gasteiger partial charge in [-0.1, -0.05) is 36.4 Å². The lowest BCUT2D eigenvalue weighted by Gasteiger charge is -2.18. The topological polar surface area (TPSA) is 110 Å². The average Bonchev–Trinajstić information content (AvgIpc) is 3.47. The molecule has 6 rings (SSSR count). The van der Waals surface area contributed by atoms with Crippen LogP contribution in [0.1, 0.15) is 16.7 Å². The second-order valence-corrected chi connectivity index (χ2v) is 12.3. The van der Waals surface area contributed by atoms with Crippen molar-refractivity contribution in [2.75, 3.05) is 26.0 Å². The normalized spacial score (nSPS) is 11.3. The van der Waals surface area contributed by atoms with Gasteiger partial charge in [-0.3, -0.25) is 19.2 Å². The molecule has 3 heterocycles. The number of carbonyl (C=O) groups is 1. The van der Waals surface area contributed by atoms with E-state index in [1.54, 1.807) is 67.0 Å². The molecule has 49 heavy (non-hydrogen) atoms. The molecule has 0 aliphatic heterocycles. The molecule has 0 saturated carbocycles. The van der Waals surface area contributed by atoms with Crippen LogP contribution in [-0.2, 0) is 24.3 Å². The van der Waals surface area contributed by atoms with E-state index in [0.717, 1.165) is 34.2 Å². The van der Waals surface area contributed by atoms with Gasteiger partial charge < -0.3 is 10.2 Å². The molecule has 250 valence electrons. The standard InChI is InChI=1S/C36H32F2N6O4S/c1-42(20-17-23-15-18-39-19-16-23)21-28-31-33(45)44(26-7-4-3-5-8-26)36(47)43(22-27-29(37)9-6-10-30(27)38)34(31)49-32(28)24-11-13-25(14-12-24)40-35(46)41-48-2/h3-16,18-19H,17,20-22H2,1-2H3,(H2,40,41,46). The predicted octanol–water partition coefficient (Wildman–Crippen LogP) is 5.96. The molecule has 10 nitrogen and oxygen atoms in total. The largest absolute Gasteiger partial charge is 0.343 e. The molecule has 0 radical (unpaired) electrons. The van der Waals surface area contributed by atoms with Crippen molar-refractivity contribution in [3.8, 4) is 16.1 Å². The fourth-order valence-corrected chi connectivity index (χ4v) is 6.91. The summed E-state index contributed by atoms with van der Waals surface area (Å²) in [5, 5.41) is 2.94. The van der Waals surface area contributed by atoms with Gasteiger partial charge in [0.15, 0.2) is 0 Å². The van der Waals surface area contributed by atoms with E-state index in [4.69, 9.17) is 0 Å². The van der Waals surface area contributed by atoms with Crippen LogP contribution in [-0.4, -0.2) is 45.8 Å². The van der Waals surface area contributed by atoms with E-state index in [0.29, 0.717) is 39.7 Å². The Morgan fingerprint density at radius 2 is 1.61 bits per heavy atom. The van der Waals surface area contributed by atoms with E-state index in [-0.39, 0.29) is 10.9 Å². The number of amides is 2. The number of carbonyl (C=O) groups excluding carboxylic acids is 1. The van der Waals surface area contributed by atoms with E-state index in [2.05, 4.69) is 25.5 Å². The van der Waals surface area contributed by atoms with Gasteiger partial charge in [0.25, 0.3) is 5.56 Å². The number of rotatable bonds is 11. The number of nitrogens with one attached hydrogen (secondary N) is 2. The van der Waals surface area contributed by atoms with Crippen molar-refractivity contribution in [3.63, 3.8) is 0 Å². The number of urea groups is 1. The number of fused-ring (bicyclic) bond motifs is 1. The Morgan fingerprint density at radius 3 is 2.29 bits per heavy atom. The molecule has 6 aromatic rings.